The first-order valence-corrected chi connectivity index (χ1v) is 4.67. The van der Waals surface area contributed by atoms with Crippen molar-refractivity contribution in [3.63, 3.8) is 0 Å². The SMILES string of the molecule is NC(=O)CN(CC(N)=O)c1nc(N)ns1. The molecule has 8 nitrogen and oxygen atoms in total. The van der Waals surface area contributed by atoms with Crippen molar-refractivity contribution in [1.82, 2.24) is 9.36 Å². The molecule has 0 aliphatic carbocycles. The van der Waals surface area contributed by atoms with Gasteiger partial charge in [0, 0.05) is 11.5 Å². The Labute approximate surface area is 89.2 Å². The van der Waals surface area contributed by atoms with Crippen molar-refractivity contribution >= 4 is 34.4 Å². The highest BCUT2D eigenvalue weighted by atomic mass is 32.1. The van der Waals surface area contributed by atoms with Crippen LogP contribution in [0, 0.1) is 0 Å². The van der Waals surface area contributed by atoms with E-state index in [9.17, 15) is 9.59 Å². The summed E-state index contributed by atoms with van der Waals surface area (Å²) in [6.45, 7) is -0.310. The summed E-state index contributed by atoms with van der Waals surface area (Å²) in [6.07, 6.45) is 0. The number of nitrogen functional groups attached to an aromatic ring is 1. The molecule has 1 aromatic heterocycles. The van der Waals surface area contributed by atoms with Crippen LogP contribution in [0.3, 0.4) is 0 Å². The van der Waals surface area contributed by atoms with E-state index in [1.807, 2.05) is 0 Å². The zero-order chi connectivity index (χ0) is 11.4. The molecule has 9 heteroatoms. The van der Waals surface area contributed by atoms with Crippen molar-refractivity contribution in [1.29, 1.82) is 0 Å². The molecule has 1 rings (SSSR count). The third-order valence-electron chi connectivity index (χ3n) is 1.39. The summed E-state index contributed by atoms with van der Waals surface area (Å²) in [7, 11) is 0. The average molecular weight is 230 g/mol. The summed E-state index contributed by atoms with van der Waals surface area (Å²) in [5.74, 6) is -1.11. The monoisotopic (exact) mass is 230 g/mol. The molecule has 2 amide bonds. The van der Waals surface area contributed by atoms with E-state index >= 15 is 0 Å². The van der Waals surface area contributed by atoms with Crippen LogP contribution in [0.4, 0.5) is 11.1 Å². The lowest BCUT2D eigenvalue weighted by Crippen LogP contribution is -2.39. The zero-order valence-corrected chi connectivity index (χ0v) is 8.53. The zero-order valence-electron chi connectivity index (χ0n) is 7.71. The molecule has 0 aliphatic heterocycles. The Morgan fingerprint density at radius 1 is 1.27 bits per heavy atom. The number of nitrogens with two attached hydrogens (primary N) is 3. The van der Waals surface area contributed by atoms with E-state index in [4.69, 9.17) is 17.2 Å². The largest absolute Gasteiger partial charge is 0.368 e. The molecule has 0 aromatic carbocycles. The molecule has 0 atom stereocenters. The standard InChI is InChI=1S/C6H10N6O2S/c7-3(13)1-12(2-4(8)14)6-10-5(9)11-15-6/h1-2H2,(H2,7,13)(H2,8,14)(H2,9,11). The number of rotatable bonds is 5. The van der Waals surface area contributed by atoms with Crippen LogP contribution in [0.25, 0.3) is 0 Å². The maximum Gasteiger partial charge on any atom is 0.237 e. The molecule has 0 fully saturated rings. The Balaban J connectivity index is 2.80. The van der Waals surface area contributed by atoms with Crippen LogP contribution in [0.2, 0.25) is 0 Å². The molecule has 0 spiro atoms. The van der Waals surface area contributed by atoms with Gasteiger partial charge in [0.1, 0.15) is 0 Å². The molecular formula is C6H10N6O2S. The van der Waals surface area contributed by atoms with Gasteiger partial charge in [-0.1, -0.05) is 0 Å². The molecule has 0 radical (unpaired) electrons. The molecule has 82 valence electrons. The van der Waals surface area contributed by atoms with Crippen molar-refractivity contribution in [3.05, 3.63) is 0 Å². The van der Waals surface area contributed by atoms with Crippen LogP contribution in [0.1, 0.15) is 0 Å². The lowest BCUT2D eigenvalue weighted by atomic mass is 10.5. The van der Waals surface area contributed by atoms with E-state index in [0.717, 1.165) is 11.5 Å². The highest BCUT2D eigenvalue weighted by Crippen LogP contribution is 2.17. The van der Waals surface area contributed by atoms with E-state index < -0.39 is 11.8 Å². The number of anilines is 2. The average Bonchev–Trinajstić information content (AvgIpc) is 2.48. The number of amides is 2. The Bertz CT molecular complexity index is 361. The molecule has 6 N–H and O–H groups in total. The first-order chi connectivity index (χ1) is 6.99. The molecule has 0 unspecified atom stereocenters. The van der Waals surface area contributed by atoms with Gasteiger partial charge in [0.15, 0.2) is 0 Å². The molecule has 0 saturated heterocycles. The van der Waals surface area contributed by atoms with Crippen LogP contribution in [-0.4, -0.2) is 34.3 Å². The van der Waals surface area contributed by atoms with Gasteiger partial charge < -0.3 is 22.1 Å². The van der Waals surface area contributed by atoms with Gasteiger partial charge in [-0.3, -0.25) is 9.59 Å². The van der Waals surface area contributed by atoms with Crippen LogP contribution >= 0.6 is 11.5 Å². The quantitative estimate of drug-likeness (QED) is 0.529. The van der Waals surface area contributed by atoms with E-state index in [0.29, 0.717) is 5.13 Å². The Kier molecular flexibility index (Phi) is 3.39. The van der Waals surface area contributed by atoms with Gasteiger partial charge in [0.2, 0.25) is 22.9 Å². The summed E-state index contributed by atoms with van der Waals surface area (Å²) in [5.41, 5.74) is 15.3. The predicted octanol–water partition coefficient (Wildman–Crippen LogP) is -2.10. The number of nitrogens with zero attached hydrogens (tertiary/aromatic N) is 3. The van der Waals surface area contributed by atoms with Crippen molar-refractivity contribution in [3.8, 4) is 0 Å². The van der Waals surface area contributed by atoms with Crippen molar-refractivity contribution in [2.45, 2.75) is 0 Å². The first-order valence-electron chi connectivity index (χ1n) is 3.89. The number of hydrogen-bond donors (Lipinski definition) is 3. The van der Waals surface area contributed by atoms with Crippen molar-refractivity contribution < 1.29 is 9.59 Å². The van der Waals surface area contributed by atoms with Gasteiger partial charge in [0.25, 0.3) is 0 Å². The summed E-state index contributed by atoms with van der Waals surface area (Å²) < 4.78 is 3.71. The summed E-state index contributed by atoms with van der Waals surface area (Å²) in [5, 5.41) is 0.338. The third-order valence-corrected chi connectivity index (χ3v) is 2.19. The van der Waals surface area contributed by atoms with Crippen LogP contribution in [-0.2, 0) is 9.59 Å². The highest BCUT2D eigenvalue weighted by Gasteiger charge is 2.15. The number of aromatic nitrogens is 2. The summed E-state index contributed by atoms with van der Waals surface area (Å²) in [6, 6.07) is 0. The van der Waals surface area contributed by atoms with Gasteiger partial charge in [0.05, 0.1) is 13.1 Å². The maximum atomic E-state index is 10.7. The minimum absolute atomic E-state index is 0.0777. The lowest BCUT2D eigenvalue weighted by Gasteiger charge is -2.16. The molecule has 1 aromatic rings. The number of carbonyl (C=O) groups excluding carboxylic acids is 2. The minimum Gasteiger partial charge on any atom is -0.368 e. The highest BCUT2D eigenvalue weighted by molar-refractivity contribution is 7.09. The topological polar surface area (TPSA) is 141 Å². The molecule has 0 saturated carbocycles. The van der Waals surface area contributed by atoms with E-state index in [1.165, 1.54) is 4.90 Å². The normalized spacial score (nSPS) is 9.87. The molecule has 0 bridgehead atoms. The number of carbonyl (C=O) groups is 2. The van der Waals surface area contributed by atoms with Crippen molar-refractivity contribution in [2.75, 3.05) is 23.7 Å². The van der Waals surface area contributed by atoms with Crippen LogP contribution in [0.5, 0.6) is 0 Å². The number of primary amides is 2. The van der Waals surface area contributed by atoms with Crippen molar-refractivity contribution in [2.24, 2.45) is 11.5 Å². The lowest BCUT2D eigenvalue weighted by molar-refractivity contribution is -0.117. The van der Waals surface area contributed by atoms with Gasteiger partial charge in [-0.2, -0.15) is 9.36 Å². The van der Waals surface area contributed by atoms with Gasteiger partial charge >= 0.3 is 0 Å². The second kappa shape index (κ2) is 4.55. The summed E-state index contributed by atoms with van der Waals surface area (Å²) in [4.78, 5) is 26.6. The van der Waals surface area contributed by atoms with Crippen LogP contribution < -0.4 is 22.1 Å². The Hall–Kier alpha value is -1.90. The predicted molar refractivity (Wildman–Crippen MR) is 54.9 cm³/mol. The van der Waals surface area contributed by atoms with Gasteiger partial charge in [-0.05, 0) is 0 Å². The minimum atomic E-state index is -0.593. The van der Waals surface area contributed by atoms with Crippen LogP contribution in [0.15, 0.2) is 0 Å². The fourth-order valence-corrected chi connectivity index (χ4v) is 1.52. The molecule has 0 aliphatic rings. The second-order valence-corrected chi connectivity index (χ2v) is 3.45. The smallest absolute Gasteiger partial charge is 0.237 e. The van der Waals surface area contributed by atoms with E-state index in [2.05, 4.69) is 9.36 Å². The summed E-state index contributed by atoms with van der Waals surface area (Å²) >= 11 is 0.966. The Morgan fingerprint density at radius 3 is 2.13 bits per heavy atom. The maximum absolute atomic E-state index is 10.7. The third kappa shape index (κ3) is 3.38. The fourth-order valence-electron chi connectivity index (χ4n) is 0.922. The van der Waals surface area contributed by atoms with Gasteiger partial charge in [-0.25, -0.2) is 0 Å². The fraction of sp³-hybridized carbons (Fsp3) is 0.333. The van der Waals surface area contributed by atoms with E-state index in [1.54, 1.807) is 0 Å². The molecule has 15 heavy (non-hydrogen) atoms. The first kappa shape index (κ1) is 11.2. The molecule has 1 heterocycles. The van der Waals surface area contributed by atoms with E-state index in [-0.39, 0.29) is 19.0 Å². The Morgan fingerprint density at radius 2 is 1.80 bits per heavy atom. The number of hydrogen-bond acceptors (Lipinski definition) is 7. The second-order valence-electron chi connectivity index (χ2n) is 2.72. The molecular weight excluding hydrogens is 220 g/mol. The van der Waals surface area contributed by atoms with Gasteiger partial charge in [-0.15, -0.1) is 0 Å².